The molecule has 4 heteroatoms. The van der Waals surface area contributed by atoms with E-state index in [0.717, 1.165) is 16.7 Å². The first-order valence-corrected chi connectivity index (χ1v) is 14.7. The van der Waals surface area contributed by atoms with Crippen LogP contribution in [0.25, 0.3) is 86.0 Å². The van der Waals surface area contributed by atoms with Crippen LogP contribution >= 0.6 is 11.3 Å². The molecule has 0 unspecified atom stereocenters. The first-order valence-electron chi connectivity index (χ1n) is 13.9. The molecule has 0 aliphatic rings. The highest BCUT2D eigenvalue weighted by Crippen LogP contribution is 2.44. The molecule has 0 radical (unpaired) electrons. The van der Waals surface area contributed by atoms with Crippen LogP contribution in [0.15, 0.2) is 127 Å². The topological polar surface area (TPSA) is 22.2 Å². The SMILES string of the molecule is c1ccc(-n2c3ccccc3c3cc4c(cc32)c2ccc3c5ccccc5sc3c2n2c3ccccc3nc42)cc1. The molecule has 4 aromatic heterocycles. The van der Waals surface area contributed by atoms with Crippen molar-refractivity contribution in [2.24, 2.45) is 0 Å². The molecular formula is C37H21N3S. The smallest absolute Gasteiger partial charge is 0.146 e. The minimum Gasteiger partial charge on any atom is -0.309 e. The van der Waals surface area contributed by atoms with Crippen LogP contribution in [0.1, 0.15) is 0 Å². The van der Waals surface area contributed by atoms with Crippen molar-refractivity contribution in [3.63, 3.8) is 0 Å². The van der Waals surface area contributed by atoms with Gasteiger partial charge in [-0.15, -0.1) is 11.3 Å². The van der Waals surface area contributed by atoms with Gasteiger partial charge in [-0.1, -0.05) is 78.9 Å². The Morgan fingerprint density at radius 2 is 1.22 bits per heavy atom. The van der Waals surface area contributed by atoms with E-state index in [1.807, 2.05) is 11.3 Å². The quantitative estimate of drug-likeness (QED) is 0.190. The van der Waals surface area contributed by atoms with E-state index >= 15 is 0 Å². The van der Waals surface area contributed by atoms with Gasteiger partial charge in [0, 0.05) is 42.7 Å². The molecule has 0 bridgehead atoms. The predicted octanol–water partition coefficient (Wildman–Crippen LogP) is 10.3. The number of aromatic nitrogens is 3. The van der Waals surface area contributed by atoms with Crippen LogP contribution < -0.4 is 0 Å². The third-order valence-corrected chi connectivity index (χ3v) is 9.86. The molecule has 10 rings (SSSR count). The first kappa shape index (κ1) is 21.6. The number of imidazole rings is 1. The van der Waals surface area contributed by atoms with Crippen molar-refractivity contribution in [1.82, 2.24) is 14.0 Å². The van der Waals surface area contributed by atoms with Crippen LogP contribution in [0.5, 0.6) is 0 Å². The molecule has 0 aliphatic heterocycles. The van der Waals surface area contributed by atoms with Crippen LogP contribution in [-0.4, -0.2) is 14.0 Å². The Labute approximate surface area is 238 Å². The van der Waals surface area contributed by atoms with Gasteiger partial charge in [0.05, 0.1) is 32.3 Å². The van der Waals surface area contributed by atoms with E-state index in [4.69, 9.17) is 4.98 Å². The van der Waals surface area contributed by atoms with Crippen LogP contribution in [-0.2, 0) is 0 Å². The van der Waals surface area contributed by atoms with Crippen LogP contribution in [0.2, 0.25) is 0 Å². The molecule has 0 amide bonds. The molecule has 3 nitrogen and oxygen atoms in total. The molecule has 0 aliphatic carbocycles. The normalized spacial score (nSPS) is 12.4. The summed E-state index contributed by atoms with van der Waals surface area (Å²) in [5.74, 6) is 0. The van der Waals surface area contributed by atoms with E-state index in [2.05, 4.69) is 136 Å². The van der Waals surface area contributed by atoms with Crippen LogP contribution in [0.4, 0.5) is 0 Å². The fraction of sp³-hybridized carbons (Fsp3) is 0. The summed E-state index contributed by atoms with van der Waals surface area (Å²) in [6.07, 6.45) is 0. The van der Waals surface area contributed by atoms with E-state index < -0.39 is 0 Å². The molecule has 6 aromatic carbocycles. The zero-order chi connectivity index (χ0) is 26.7. The average Bonchev–Trinajstić information content (AvgIpc) is 3.70. The molecule has 0 fully saturated rings. The highest BCUT2D eigenvalue weighted by Gasteiger charge is 2.20. The molecule has 0 atom stereocenters. The Bertz CT molecular complexity index is 2690. The van der Waals surface area contributed by atoms with Gasteiger partial charge < -0.3 is 4.57 Å². The number of benzene rings is 6. The van der Waals surface area contributed by atoms with E-state index in [1.165, 1.54) is 69.3 Å². The lowest BCUT2D eigenvalue weighted by atomic mass is 10.0. The number of nitrogens with zero attached hydrogens (tertiary/aromatic N) is 3. The largest absolute Gasteiger partial charge is 0.309 e. The highest BCUT2D eigenvalue weighted by molar-refractivity contribution is 7.26. The average molecular weight is 540 g/mol. The van der Waals surface area contributed by atoms with Gasteiger partial charge in [-0.25, -0.2) is 4.98 Å². The number of para-hydroxylation sites is 4. The number of rotatable bonds is 1. The standard InChI is InChI=1S/C37H21N3S/c1-2-10-22(11-3-1)39-31-15-7-4-12-23(31)28-20-29-27(21-33(28)39)25-18-19-26-24-13-5-9-17-34(24)41-36(26)35(25)40-32-16-8-6-14-30(32)38-37(29)40/h1-21H. The third-order valence-electron chi connectivity index (χ3n) is 8.66. The molecule has 4 heterocycles. The van der Waals surface area contributed by atoms with Gasteiger partial charge in [-0.05, 0) is 53.9 Å². The maximum absolute atomic E-state index is 5.27. The summed E-state index contributed by atoms with van der Waals surface area (Å²) >= 11 is 1.88. The van der Waals surface area contributed by atoms with Crippen molar-refractivity contribution in [3.8, 4) is 5.69 Å². The molecule has 0 N–H and O–H groups in total. The van der Waals surface area contributed by atoms with Gasteiger partial charge in [0.2, 0.25) is 0 Å². The van der Waals surface area contributed by atoms with Crippen molar-refractivity contribution in [3.05, 3.63) is 127 Å². The fourth-order valence-corrected chi connectivity index (χ4v) is 8.17. The van der Waals surface area contributed by atoms with Gasteiger partial charge in [0.15, 0.2) is 0 Å². The maximum Gasteiger partial charge on any atom is 0.146 e. The summed E-state index contributed by atoms with van der Waals surface area (Å²) in [5, 5.41) is 8.77. The van der Waals surface area contributed by atoms with Crippen molar-refractivity contribution in [1.29, 1.82) is 0 Å². The van der Waals surface area contributed by atoms with Gasteiger partial charge in [-0.3, -0.25) is 4.40 Å². The zero-order valence-corrected chi connectivity index (χ0v) is 22.7. The van der Waals surface area contributed by atoms with Crippen molar-refractivity contribution in [2.75, 3.05) is 0 Å². The molecule has 0 saturated heterocycles. The van der Waals surface area contributed by atoms with Crippen LogP contribution in [0.3, 0.4) is 0 Å². The molecule has 10 aromatic rings. The second-order valence-electron chi connectivity index (χ2n) is 10.8. The van der Waals surface area contributed by atoms with Gasteiger partial charge >= 0.3 is 0 Å². The number of fused-ring (bicyclic) bond motifs is 15. The monoisotopic (exact) mass is 539 g/mol. The van der Waals surface area contributed by atoms with Gasteiger partial charge in [0.1, 0.15) is 5.65 Å². The lowest BCUT2D eigenvalue weighted by molar-refractivity contribution is 1.18. The third kappa shape index (κ3) is 2.75. The maximum atomic E-state index is 5.27. The van der Waals surface area contributed by atoms with E-state index in [9.17, 15) is 0 Å². The number of hydrogen-bond donors (Lipinski definition) is 0. The molecule has 0 spiro atoms. The van der Waals surface area contributed by atoms with Gasteiger partial charge in [0.25, 0.3) is 0 Å². The summed E-state index contributed by atoms with van der Waals surface area (Å²) in [7, 11) is 0. The first-order chi connectivity index (χ1) is 20.3. The Kier molecular flexibility index (Phi) is 4.07. The van der Waals surface area contributed by atoms with Crippen molar-refractivity contribution >= 4 is 91.7 Å². The Morgan fingerprint density at radius 3 is 2.12 bits per heavy atom. The second kappa shape index (κ2) is 7.72. The Hall–Kier alpha value is -5.19. The molecule has 41 heavy (non-hydrogen) atoms. The van der Waals surface area contributed by atoms with Crippen LogP contribution in [0, 0.1) is 0 Å². The van der Waals surface area contributed by atoms with E-state index in [1.54, 1.807) is 0 Å². The van der Waals surface area contributed by atoms with Crippen molar-refractivity contribution < 1.29 is 0 Å². The lowest BCUT2D eigenvalue weighted by Crippen LogP contribution is -1.95. The van der Waals surface area contributed by atoms with Gasteiger partial charge in [-0.2, -0.15) is 0 Å². The Balaban J connectivity index is 1.50. The Morgan fingerprint density at radius 1 is 0.488 bits per heavy atom. The summed E-state index contributed by atoms with van der Waals surface area (Å²) in [6, 6.07) is 46.1. The number of pyridine rings is 1. The predicted molar refractivity (Wildman–Crippen MR) is 175 cm³/mol. The highest BCUT2D eigenvalue weighted by atomic mass is 32.1. The van der Waals surface area contributed by atoms with E-state index in [-0.39, 0.29) is 0 Å². The fourth-order valence-electron chi connectivity index (χ4n) is 6.93. The minimum atomic E-state index is 1.01. The zero-order valence-electron chi connectivity index (χ0n) is 21.9. The summed E-state index contributed by atoms with van der Waals surface area (Å²) in [4.78, 5) is 5.27. The van der Waals surface area contributed by atoms with Crippen molar-refractivity contribution in [2.45, 2.75) is 0 Å². The molecule has 0 saturated carbocycles. The molecular weight excluding hydrogens is 518 g/mol. The number of thiophene rings is 1. The summed E-state index contributed by atoms with van der Waals surface area (Å²) in [5.41, 5.74) is 8.01. The minimum absolute atomic E-state index is 1.01. The molecule has 190 valence electrons. The summed E-state index contributed by atoms with van der Waals surface area (Å²) < 4.78 is 7.43. The lowest BCUT2D eigenvalue weighted by Gasteiger charge is -2.12. The second-order valence-corrected chi connectivity index (χ2v) is 11.9. The number of hydrogen-bond acceptors (Lipinski definition) is 2. The van der Waals surface area contributed by atoms with E-state index in [0.29, 0.717) is 0 Å². The summed E-state index contributed by atoms with van der Waals surface area (Å²) in [6.45, 7) is 0.